The predicted molar refractivity (Wildman–Crippen MR) is 80.5 cm³/mol. The smallest absolute Gasteiger partial charge is 0.328 e. The van der Waals surface area contributed by atoms with Crippen molar-refractivity contribution in [1.82, 2.24) is 10.3 Å². The van der Waals surface area contributed by atoms with Gasteiger partial charge in [0.05, 0.1) is 6.20 Å². The molecule has 0 saturated heterocycles. The Morgan fingerprint density at radius 1 is 1.35 bits per heavy atom. The van der Waals surface area contributed by atoms with E-state index in [1.807, 2.05) is 31.2 Å². The van der Waals surface area contributed by atoms with Crippen molar-refractivity contribution in [2.75, 3.05) is 6.67 Å². The number of benzene rings is 1. The number of rotatable bonds is 7. The lowest BCUT2D eigenvalue weighted by Gasteiger charge is -2.09. The van der Waals surface area contributed by atoms with Crippen molar-refractivity contribution >= 4 is 11.9 Å². The highest BCUT2D eigenvalue weighted by Gasteiger charge is 2.19. The predicted octanol–water partition coefficient (Wildman–Crippen LogP) is 2.12. The van der Waals surface area contributed by atoms with Gasteiger partial charge in [0, 0.05) is 18.4 Å². The number of amides is 1. The third-order valence-corrected chi connectivity index (χ3v) is 3.24. The molecule has 122 valence electrons. The molecular formula is C16H17FN2O4. The monoisotopic (exact) mass is 320 g/mol. The minimum Gasteiger partial charge on any atom is -0.480 e. The highest BCUT2D eigenvalue weighted by molar-refractivity contribution is 5.83. The lowest BCUT2D eigenvalue weighted by Crippen LogP contribution is -2.42. The molecule has 1 amide bonds. The van der Waals surface area contributed by atoms with Crippen LogP contribution in [0, 0.1) is 6.92 Å². The van der Waals surface area contributed by atoms with Crippen LogP contribution in [0.5, 0.6) is 0 Å². The van der Waals surface area contributed by atoms with Crippen molar-refractivity contribution in [1.29, 1.82) is 0 Å². The molecule has 1 aromatic carbocycles. The lowest BCUT2D eigenvalue weighted by molar-refractivity contribution is -0.142. The first kappa shape index (κ1) is 16.7. The van der Waals surface area contributed by atoms with Gasteiger partial charge in [-0.15, -0.1) is 0 Å². The fourth-order valence-corrected chi connectivity index (χ4v) is 1.93. The number of hydrogen-bond acceptors (Lipinski definition) is 4. The number of carboxylic acids is 1. The van der Waals surface area contributed by atoms with Crippen LogP contribution < -0.4 is 5.32 Å². The maximum atomic E-state index is 12.4. The van der Waals surface area contributed by atoms with Gasteiger partial charge in [0.1, 0.15) is 6.67 Å². The van der Waals surface area contributed by atoms with E-state index in [1.165, 1.54) is 0 Å². The highest BCUT2D eigenvalue weighted by atomic mass is 19.1. The summed E-state index contributed by atoms with van der Waals surface area (Å²) in [6, 6.07) is 6.20. The fourth-order valence-electron chi connectivity index (χ4n) is 1.93. The second-order valence-electron chi connectivity index (χ2n) is 5.10. The number of aliphatic carboxylic acids is 1. The molecule has 1 atom stereocenters. The molecular weight excluding hydrogens is 303 g/mol. The molecule has 7 heteroatoms. The van der Waals surface area contributed by atoms with E-state index in [4.69, 9.17) is 9.52 Å². The number of nitrogens with one attached hydrogen (secondary N) is 1. The van der Waals surface area contributed by atoms with Crippen molar-refractivity contribution in [2.45, 2.75) is 25.8 Å². The number of alkyl halides is 1. The molecule has 2 aromatic rings. The lowest BCUT2D eigenvalue weighted by atomic mass is 10.1. The molecule has 0 saturated carbocycles. The summed E-state index contributed by atoms with van der Waals surface area (Å²) in [6.45, 7) is 0.827. The first-order valence-electron chi connectivity index (χ1n) is 7.09. The Kier molecular flexibility index (Phi) is 5.46. The number of aromatic nitrogens is 1. The number of aryl methyl sites for hydroxylation is 2. The van der Waals surface area contributed by atoms with E-state index in [-0.39, 0.29) is 12.8 Å². The average Bonchev–Trinajstić information content (AvgIpc) is 3.00. The third-order valence-electron chi connectivity index (χ3n) is 3.24. The van der Waals surface area contributed by atoms with Crippen molar-refractivity contribution < 1.29 is 23.5 Å². The molecule has 23 heavy (non-hydrogen) atoms. The van der Waals surface area contributed by atoms with Crippen molar-refractivity contribution in [3.05, 3.63) is 41.9 Å². The highest BCUT2D eigenvalue weighted by Crippen LogP contribution is 2.21. The fraction of sp³-hybridized carbons (Fsp3) is 0.312. The second kappa shape index (κ2) is 7.53. The van der Waals surface area contributed by atoms with Crippen LogP contribution in [0.2, 0.25) is 0 Å². The summed E-state index contributed by atoms with van der Waals surface area (Å²) in [7, 11) is 0. The Balaban J connectivity index is 1.91. The molecule has 0 bridgehead atoms. The quantitative estimate of drug-likeness (QED) is 0.815. The summed E-state index contributed by atoms with van der Waals surface area (Å²) >= 11 is 0. The summed E-state index contributed by atoms with van der Waals surface area (Å²) in [6.07, 6.45) is 1.74. The summed E-state index contributed by atoms with van der Waals surface area (Å²) in [5.41, 5.74) is 2.01. The van der Waals surface area contributed by atoms with Gasteiger partial charge in [-0.2, -0.15) is 0 Å². The number of hydrogen-bond donors (Lipinski definition) is 2. The van der Waals surface area contributed by atoms with E-state index in [1.54, 1.807) is 6.20 Å². The number of nitrogens with zero attached hydrogens (tertiary/aromatic N) is 1. The van der Waals surface area contributed by atoms with E-state index in [2.05, 4.69) is 10.3 Å². The third kappa shape index (κ3) is 4.64. The van der Waals surface area contributed by atoms with Gasteiger partial charge in [-0.3, -0.25) is 4.79 Å². The molecule has 0 fully saturated rings. The maximum Gasteiger partial charge on any atom is 0.328 e. The van der Waals surface area contributed by atoms with E-state index >= 15 is 0 Å². The van der Waals surface area contributed by atoms with Gasteiger partial charge in [0.2, 0.25) is 5.91 Å². The summed E-state index contributed by atoms with van der Waals surface area (Å²) in [5, 5.41) is 10.8. The van der Waals surface area contributed by atoms with Gasteiger partial charge in [-0.1, -0.05) is 29.8 Å². The van der Waals surface area contributed by atoms with E-state index in [0.29, 0.717) is 11.7 Å². The number of halogens is 1. The molecule has 6 nitrogen and oxygen atoms in total. The topological polar surface area (TPSA) is 92.4 Å². The van der Waals surface area contributed by atoms with Crippen molar-refractivity contribution in [3.63, 3.8) is 0 Å². The number of carboxylic acid groups (broad SMARTS) is 1. The molecule has 1 heterocycles. The molecule has 0 spiro atoms. The Bertz CT molecular complexity index is 682. The van der Waals surface area contributed by atoms with Gasteiger partial charge in [0.25, 0.3) is 0 Å². The van der Waals surface area contributed by atoms with Gasteiger partial charge in [-0.05, 0) is 6.92 Å². The van der Waals surface area contributed by atoms with Crippen LogP contribution in [0.3, 0.4) is 0 Å². The number of carbonyl (C=O) groups is 2. The molecule has 0 radical (unpaired) electrons. The van der Waals surface area contributed by atoms with Crippen LogP contribution in [-0.2, 0) is 16.0 Å². The maximum absolute atomic E-state index is 12.4. The minimum absolute atomic E-state index is 0.0301. The summed E-state index contributed by atoms with van der Waals surface area (Å²) in [4.78, 5) is 26.3. The van der Waals surface area contributed by atoms with Crippen molar-refractivity contribution in [2.24, 2.45) is 0 Å². The first-order valence-corrected chi connectivity index (χ1v) is 7.09. The largest absolute Gasteiger partial charge is 0.480 e. The number of oxazole rings is 1. The van der Waals surface area contributed by atoms with Gasteiger partial charge in [-0.25, -0.2) is 14.2 Å². The van der Waals surface area contributed by atoms with Crippen LogP contribution in [0.15, 0.2) is 34.9 Å². The van der Waals surface area contributed by atoms with E-state index < -0.39 is 24.6 Å². The summed E-state index contributed by atoms with van der Waals surface area (Å²) in [5.74, 6) is -1.01. The molecule has 0 aliphatic carbocycles. The van der Waals surface area contributed by atoms with E-state index in [9.17, 15) is 14.0 Å². The molecule has 2 rings (SSSR count). The molecule has 2 N–H and O–H groups in total. The SMILES string of the molecule is Cc1ccc(-c2cnc(CCC(=O)NC(CF)C(=O)O)o2)cc1. The summed E-state index contributed by atoms with van der Waals surface area (Å²) < 4.78 is 18.0. The zero-order chi connectivity index (χ0) is 16.8. The molecule has 1 aromatic heterocycles. The average molecular weight is 320 g/mol. The van der Waals surface area contributed by atoms with E-state index in [0.717, 1.165) is 11.1 Å². The molecule has 0 aliphatic rings. The first-order chi connectivity index (χ1) is 11.0. The number of carbonyl (C=O) groups excluding carboxylic acids is 1. The van der Waals surface area contributed by atoms with Gasteiger partial charge < -0.3 is 14.8 Å². The van der Waals surface area contributed by atoms with Gasteiger partial charge in [0.15, 0.2) is 17.7 Å². The second-order valence-corrected chi connectivity index (χ2v) is 5.10. The van der Waals surface area contributed by atoms with Crippen LogP contribution in [0.4, 0.5) is 4.39 Å². The molecule has 1 unspecified atom stereocenters. The van der Waals surface area contributed by atoms with Crippen LogP contribution in [0.1, 0.15) is 17.9 Å². The van der Waals surface area contributed by atoms with Crippen LogP contribution >= 0.6 is 0 Å². The standard InChI is InChI=1S/C16H17FN2O4/c1-10-2-4-11(5-3-10)13-9-18-15(23-13)7-6-14(20)19-12(8-17)16(21)22/h2-5,9,12H,6-8H2,1H3,(H,19,20)(H,21,22). The van der Waals surface area contributed by atoms with Crippen LogP contribution in [0.25, 0.3) is 11.3 Å². The molecule has 0 aliphatic heterocycles. The Morgan fingerprint density at radius 3 is 2.65 bits per heavy atom. The normalized spacial score (nSPS) is 11.9. The van der Waals surface area contributed by atoms with Gasteiger partial charge >= 0.3 is 5.97 Å². The Labute approximate surface area is 132 Å². The Morgan fingerprint density at radius 2 is 2.04 bits per heavy atom. The van der Waals surface area contributed by atoms with Crippen molar-refractivity contribution in [3.8, 4) is 11.3 Å². The van der Waals surface area contributed by atoms with Crippen LogP contribution in [-0.4, -0.2) is 34.7 Å². The Hall–Kier alpha value is -2.70. The zero-order valence-electron chi connectivity index (χ0n) is 12.6. The zero-order valence-corrected chi connectivity index (χ0v) is 12.6. The minimum atomic E-state index is -1.52.